The third-order valence-corrected chi connectivity index (χ3v) is 6.86. The minimum absolute atomic E-state index is 0.0538. The normalized spacial score (nSPS) is 23.9. The Balaban J connectivity index is 1.35. The lowest BCUT2D eigenvalue weighted by Gasteiger charge is -2.32. The molecule has 0 spiro atoms. The predicted molar refractivity (Wildman–Crippen MR) is 118 cm³/mol. The van der Waals surface area contributed by atoms with Crippen molar-refractivity contribution in [2.45, 2.75) is 38.0 Å². The number of benzene rings is 2. The Morgan fingerprint density at radius 3 is 2.73 bits per heavy atom. The van der Waals surface area contributed by atoms with E-state index in [-0.39, 0.29) is 18.1 Å². The SMILES string of the molecule is Cn1cc(CN2CC3CC2C(=O)N(CC2CC2)c2ccccc2O3)c2ccccc21. The summed E-state index contributed by atoms with van der Waals surface area (Å²) in [6, 6.07) is 16.4. The first kappa shape index (κ1) is 18.0. The summed E-state index contributed by atoms with van der Waals surface area (Å²) < 4.78 is 8.61. The van der Waals surface area contributed by atoms with Crippen molar-refractivity contribution in [1.82, 2.24) is 9.47 Å². The van der Waals surface area contributed by atoms with Crippen LogP contribution in [-0.2, 0) is 18.4 Å². The van der Waals surface area contributed by atoms with Crippen LogP contribution in [0, 0.1) is 5.92 Å². The largest absolute Gasteiger partial charge is 0.487 e. The number of hydrogen-bond donors (Lipinski definition) is 0. The van der Waals surface area contributed by atoms with E-state index in [1.54, 1.807) is 0 Å². The second-order valence-electron chi connectivity index (χ2n) is 9.06. The highest BCUT2D eigenvalue weighted by Crippen LogP contribution is 2.40. The van der Waals surface area contributed by atoms with Crippen molar-refractivity contribution < 1.29 is 9.53 Å². The summed E-state index contributed by atoms with van der Waals surface area (Å²) in [4.78, 5) is 18.1. The first-order valence-electron chi connectivity index (χ1n) is 11.0. The van der Waals surface area contributed by atoms with Gasteiger partial charge in [-0.2, -0.15) is 0 Å². The van der Waals surface area contributed by atoms with Crippen LogP contribution >= 0.6 is 0 Å². The summed E-state index contributed by atoms with van der Waals surface area (Å²) in [6.45, 7) is 2.36. The van der Waals surface area contributed by atoms with E-state index in [2.05, 4.69) is 47.0 Å². The van der Waals surface area contributed by atoms with Gasteiger partial charge in [-0.25, -0.2) is 0 Å². The van der Waals surface area contributed by atoms with Gasteiger partial charge in [-0.3, -0.25) is 9.69 Å². The Labute approximate surface area is 176 Å². The van der Waals surface area contributed by atoms with E-state index in [1.807, 2.05) is 29.2 Å². The van der Waals surface area contributed by atoms with Crippen LogP contribution < -0.4 is 9.64 Å². The molecule has 30 heavy (non-hydrogen) atoms. The molecule has 1 aromatic heterocycles. The molecule has 5 heteroatoms. The Morgan fingerprint density at radius 1 is 1.07 bits per heavy atom. The summed E-state index contributed by atoms with van der Waals surface area (Å²) in [6.07, 6.45) is 5.47. The fourth-order valence-electron chi connectivity index (χ4n) is 5.15. The molecule has 3 heterocycles. The summed E-state index contributed by atoms with van der Waals surface area (Å²) >= 11 is 0. The molecule has 3 aliphatic rings. The number of aromatic nitrogens is 1. The molecule has 2 atom stereocenters. The molecule has 2 bridgehead atoms. The highest BCUT2D eigenvalue weighted by Gasteiger charge is 2.44. The van der Waals surface area contributed by atoms with E-state index in [9.17, 15) is 4.79 Å². The van der Waals surface area contributed by atoms with Crippen molar-refractivity contribution in [2.75, 3.05) is 18.0 Å². The second-order valence-corrected chi connectivity index (χ2v) is 9.06. The van der Waals surface area contributed by atoms with Crippen molar-refractivity contribution in [2.24, 2.45) is 13.0 Å². The van der Waals surface area contributed by atoms with Gasteiger partial charge in [-0.05, 0) is 42.5 Å². The van der Waals surface area contributed by atoms with Crippen LogP contribution in [0.4, 0.5) is 5.69 Å². The van der Waals surface area contributed by atoms with E-state index in [4.69, 9.17) is 4.74 Å². The van der Waals surface area contributed by atoms with Crippen LogP contribution in [0.15, 0.2) is 54.7 Å². The molecule has 0 N–H and O–H groups in total. The Bertz CT molecular complexity index is 1120. The number of rotatable bonds is 4. The lowest BCUT2D eigenvalue weighted by molar-refractivity contribution is -0.123. The summed E-state index contributed by atoms with van der Waals surface area (Å²) in [7, 11) is 2.09. The Hall–Kier alpha value is -2.79. The first-order chi connectivity index (χ1) is 14.7. The molecule has 2 unspecified atom stereocenters. The monoisotopic (exact) mass is 401 g/mol. The molecule has 2 fully saturated rings. The number of amides is 1. The van der Waals surface area contributed by atoms with Crippen molar-refractivity contribution in [3.8, 4) is 5.75 Å². The summed E-state index contributed by atoms with van der Waals surface area (Å²) in [5, 5.41) is 1.27. The third kappa shape index (κ3) is 3.00. The molecule has 1 saturated heterocycles. The van der Waals surface area contributed by atoms with Gasteiger partial charge in [0.1, 0.15) is 11.9 Å². The lowest BCUT2D eigenvalue weighted by Crippen LogP contribution is -2.46. The van der Waals surface area contributed by atoms with Gasteiger partial charge in [0.2, 0.25) is 5.91 Å². The molecule has 2 aromatic carbocycles. The van der Waals surface area contributed by atoms with Gasteiger partial charge >= 0.3 is 0 Å². The summed E-state index contributed by atoms with van der Waals surface area (Å²) in [5.74, 6) is 1.72. The van der Waals surface area contributed by atoms with Crippen molar-refractivity contribution in [1.29, 1.82) is 0 Å². The number of likely N-dealkylation sites (tertiary alicyclic amines) is 1. The predicted octanol–water partition coefficient (Wildman–Crippen LogP) is 3.96. The van der Waals surface area contributed by atoms with Crippen LogP contribution in [0.25, 0.3) is 10.9 Å². The van der Waals surface area contributed by atoms with E-state index >= 15 is 0 Å². The Kier molecular flexibility index (Phi) is 4.13. The second kappa shape index (κ2) is 6.88. The third-order valence-electron chi connectivity index (χ3n) is 6.86. The maximum absolute atomic E-state index is 13.8. The number of carbonyl (C=O) groups is 1. The molecule has 1 aliphatic carbocycles. The molecular formula is C25H27N3O2. The number of nitrogens with zero attached hydrogens (tertiary/aromatic N) is 3. The fraction of sp³-hybridized carbons (Fsp3) is 0.400. The van der Waals surface area contributed by atoms with Gasteiger partial charge in [-0.1, -0.05) is 30.3 Å². The summed E-state index contributed by atoms with van der Waals surface area (Å²) in [5.41, 5.74) is 3.45. The van der Waals surface area contributed by atoms with E-state index in [0.29, 0.717) is 5.92 Å². The van der Waals surface area contributed by atoms with Crippen LogP contribution in [0.3, 0.4) is 0 Å². The number of ether oxygens (including phenoxy) is 1. The van der Waals surface area contributed by atoms with Gasteiger partial charge in [-0.15, -0.1) is 0 Å². The molecular weight excluding hydrogens is 374 g/mol. The highest BCUT2D eigenvalue weighted by atomic mass is 16.5. The number of hydrogen-bond acceptors (Lipinski definition) is 3. The molecule has 1 amide bonds. The quantitative estimate of drug-likeness (QED) is 0.664. The number of aryl methyl sites for hydroxylation is 1. The zero-order valence-corrected chi connectivity index (χ0v) is 17.3. The molecule has 1 saturated carbocycles. The average Bonchev–Trinajstić information content (AvgIpc) is 3.41. The zero-order valence-electron chi connectivity index (χ0n) is 17.3. The number of fused-ring (bicyclic) bond motifs is 4. The number of para-hydroxylation sites is 3. The van der Waals surface area contributed by atoms with E-state index in [1.165, 1.54) is 29.3 Å². The first-order valence-corrected chi connectivity index (χ1v) is 11.0. The smallest absolute Gasteiger partial charge is 0.244 e. The van der Waals surface area contributed by atoms with Crippen molar-refractivity contribution in [3.05, 3.63) is 60.3 Å². The fourth-order valence-corrected chi connectivity index (χ4v) is 5.15. The number of anilines is 1. The maximum atomic E-state index is 13.8. The molecule has 6 rings (SSSR count). The topological polar surface area (TPSA) is 37.7 Å². The highest BCUT2D eigenvalue weighted by molar-refractivity contribution is 5.99. The zero-order chi connectivity index (χ0) is 20.2. The molecule has 154 valence electrons. The van der Waals surface area contributed by atoms with Gasteiger partial charge in [0, 0.05) is 50.2 Å². The average molecular weight is 402 g/mol. The van der Waals surface area contributed by atoms with Crippen LogP contribution in [0.5, 0.6) is 5.75 Å². The molecule has 2 aliphatic heterocycles. The van der Waals surface area contributed by atoms with Gasteiger partial charge in [0.15, 0.2) is 0 Å². The molecule has 3 aromatic rings. The minimum Gasteiger partial charge on any atom is -0.487 e. The van der Waals surface area contributed by atoms with E-state index < -0.39 is 0 Å². The van der Waals surface area contributed by atoms with Crippen molar-refractivity contribution in [3.63, 3.8) is 0 Å². The molecule has 5 nitrogen and oxygen atoms in total. The molecule has 0 radical (unpaired) electrons. The maximum Gasteiger partial charge on any atom is 0.244 e. The lowest BCUT2D eigenvalue weighted by atomic mass is 10.1. The standard InChI is InChI=1S/C25H27N3O2/c1-26-14-18(20-6-2-3-7-21(20)26)15-27-16-19-12-23(27)25(29)28(13-17-10-11-17)22-8-4-5-9-24(22)30-19/h2-9,14,17,19,23H,10-13,15-16H2,1H3. The van der Waals surface area contributed by atoms with Crippen LogP contribution in [0.2, 0.25) is 0 Å². The van der Waals surface area contributed by atoms with Crippen LogP contribution in [-0.4, -0.2) is 40.6 Å². The van der Waals surface area contributed by atoms with Gasteiger partial charge in [0.25, 0.3) is 0 Å². The van der Waals surface area contributed by atoms with Gasteiger partial charge < -0.3 is 14.2 Å². The number of carbonyl (C=O) groups excluding carboxylic acids is 1. The van der Waals surface area contributed by atoms with Crippen LogP contribution in [0.1, 0.15) is 24.8 Å². The van der Waals surface area contributed by atoms with Crippen molar-refractivity contribution >= 4 is 22.5 Å². The van der Waals surface area contributed by atoms with Gasteiger partial charge in [0.05, 0.1) is 11.7 Å². The Morgan fingerprint density at radius 2 is 1.87 bits per heavy atom. The minimum atomic E-state index is -0.124. The van der Waals surface area contributed by atoms with E-state index in [0.717, 1.165) is 37.5 Å².